The summed E-state index contributed by atoms with van der Waals surface area (Å²) in [6.07, 6.45) is -0.226. The van der Waals surface area contributed by atoms with Crippen molar-refractivity contribution >= 4 is 18.0 Å². The van der Waals surface area contributed by atoms with E-state index in [0.29, 0.717) is 42.1 Å². The van der Waals surface area contributed by atoms with Gasteiger partial charge in [-0.15, -0.1) is 0 Å². The van der Waals surface area contributed by atoms with Crippen molar-refractivity contribution in [1.82, 2.24) is 10.6 Å². The van der Waals surface area contributed by atoms with Crippen molar-refractivity contribution in [3.63, 3.8) is 0 Å². The minimum atomic E-state index is -0.792. The second-order valence-electron chi connectivity index (χ2n) is 5.88. The molecule has 0 heterocycles. The molecule has 8 heteroatoms. The predicted molar refractivity (Wildman–Crippen MR) is 106 cm³/mol. The first-order chi connectivity index (χ1) is 14.0. The average molecular weight is 400 g/mol. The molecule has 0 saturated heterocycles. The van der Waals surface area contributed by atoms with Gasteiger partial charge in [0.25, 0.3) is 11.8 Å². The van der Waals surface area contributed by atoms with Crippen LogP contribution in [-0.2, 0) is 4.74 Å². The lowest BCUT2D eigenvalue weighted by molar-refractivity contribution is 0.0948. The summed E-state index contributed by atoms with van der Waals surface area (Å²) >= 11 is 0. The van der Waals surface area contributed by atoms with Gasteiger partial charge in [-0.3, -0.25) is 9.59 Å². The molecule has 2 aromatic rings. The Morgan fingerprint density at radius 2 is 1.55 bits per heavy atom. The third-order valence-corrected chi connectivity index (χ3v) is 3.86. The van der Waals surface area contributed by atoms with Gasteiger partial charge in [-0.1, -0.05) is 12.1 Å². The average Bonchev–Trinajstić information content (AvgIpc) is 2.73. The fourth-order valence-electron chi connectivity index (χ4n) is 2.44. The van der Waals surface area contributed by atoms with Gasteiger partial charge in [-0.25, -0.2) is 4.79 Å². The largest absolute Gasteiger partial charge is 0.513 e. The molecule has 0 bridgehead atoms. The van der Waals surface area contributed by atoms with Gasteiger partial charge in [0.05, 0.1) is 19.3 Å². The summed E-state index contributed by atoms with van der Waals surface area (Å²) in [5.74, 6) is 0.308. The number of rotatable bonds is 9. The van der Waals surface area contributed by atoms with Crippen LogP contribution in [0, 0.1) is 0 Å². The van der Waals surface area contributed by atoms with Gasteiger partial charge in [-0.05, 0) is 49.7 Å². The number of carbonyl (C=O) groups is 3. The van der Waals surface area contributed by atoms with Gasteiger partial charge in [-0.2, -0.15) is 0 Å². The van der Waals surface area contributed by atoms with Crippen molar-refractivity contribution in [2.24, 2.45) is 0 Å². The highest BCUT2D eigenvalue weighted by atomic mass is 16.7. The Balaban J connectivity index is 1.71. The van der Waals surface area contributed by atoms with Crippen LogP contribution in [0.15, 0.2) is 48.5 Å². The number of benzene rings is 2. The highest BCUT2D eigenvalue weighted by molar-refractivity contribution is 5.97. The van der Waals surface area contributed by atoms with Gasteiger partial charge < -0.3 is 24.8 Å². The zero-order chi connectivity index (χ0) is 21.1. The van der Waals surface area contributed by atoms with Crippen LogP contribution < -0.4 is 20.1 Å². The molecule has 2 aromatic carbocycles. The Morgan fingerprint density at radius 1 is 0.897 bits per heavy atom. The van der Waals surface area contributed by atoms with Crippen molar-refractivity contribution in [2.45, 2.75) is 13.3 Å². The molecule has 0 spiro atoms. The highest BCUT2D eigenvalue weighted by Crippen LogP contribution is 2.16. The molecule has 29 heavy (non-hydrogen) atoms. The zero-order valence-corrected chi connectivity index (χ0v) is 16.4. The third kappa shape index (κ3) is 6.84. The molecule has 2 N–H and O–H groups in total. The third-order valence-electron chi connectivity index (χ3n) is 3.86. The summed E-state index contributed by atoms with van der Waals surface area (Å²) in [7, 11) is 1.51. The lowest BCUT2D eigenvalue weighted by atomic mass is 10.2. The fourth-order valence-corrected chi connectivity index (χ4v) is 2.44. The maximum Gasteiger partial charge on any atom is 0.513 e. The van der Waals surface area contributed by atoms with Crippen LogP contribution in [0.2, 0.25) is 0 Å². The van der Waals surface area contributed by atoms with Crippen LogP contribution >= 0.6 is 0 Å². The number of carbonyl (C=O) groups excluding carboxylic acids is 3. The molecule has 8 nitrogen and oxygen atoms in total. The molecule has 154 valence electrons. The maximum atomic E-state index is 12.2. The Morgan fingerprint density at radius 3 is 2.21 bits per heavy atom. The number of amides is 2. The van der Waals surface area contributed by atoms with Crippen molar-refractivity contribution in [3.05, 3.63) is 59.7 Å². The minimum Gasteiger partial charge on any atom is -0.496 e. The van der Waals surface area contributed by atoms with Crippen molar-refractivity contribution in [1.29, 1.82) is 0 Å². The van der Waals surface area contributed by atoms with Gasteiger partial charge >= 0.3 is 6.16 Å². The van der Waals surface area contributed by atoms with E-state index in [1.807, 2.05) is 0 Å². The molecular formula is C21H24N2O6. The summed E-state index contributed by atoms with van der Waals surface area (Å²) in [5.41, 5.74) is 0.892. The van der Waals surface area contributed by atoms with Crippen molar-refractivity contribution in [2.75, 3.05) is 26.8 Å². The van der Waals surface area contributed by atoms with E-state index >= 15 is 0 Å². The zero-order valence-electron chi connectivity index (χ0n) is 16.4. The van der Waals surface area contributed by atoms with Gasteiger partial charge in [0, 0.05) is 18.7 Å². The standard InChI is InChI=1S/C21H24N2O6/c1-3-28-21(26)29-16-11-9-15(10-12-16)19(24)22-13-6-14-23-20(25)17-7-4-5-8-18(17)27-2/h4-5,7-12H,3,6,13-14H2,1-2H3,(H,22,24)(H,23,25). The smallest absolute Gasteiger partial charge is 0.496 e. The van der Waals surface area contributed by atoms with E-state index in [0.717, 1.165) is 0 Å². The van der Waals surface area contributed by atoms with Crippen LogP contribution in [0.1, 0.15) is 34.1 Å². The van der Waals surface area contributed by atoms with Gasteiger partial charge in [0.2, 0.25) is 0 Å². The Kier molecular flexibility index (Phi) is 8.50. The maximum absolute atomic E-state index is 12.2. The second kappa shape index (κ2) is 11.3. The van der Waals surface area contributed by atoms with Crippen LogP contribution in [0.3, 0.4) is 0 Å². The summed E-state index contributed by atoms with van der Waals surface area (Å²) in [5, 5.41) is 5.56. The minimum absolute atomic E-state index is 0.221. The number of hydrogen-bond acceptors (Lipinski definition) is 6. The first-order valence-electron chi connectivity index (χ1n) is 9.19. The topological polar surface area (TPSA) is 103 Å². The summed E-state index contributed by atoms with van der Waals surface area (Å²) < 4.78 is 14.8. The molecule has 0 aliphatic rings. The van der Waals surface area contributed by atoms with E-state index in [4.69, 9.17) is 9.47 Å². The monoisotopic (exact) mass is 400 g/mol. The SMILES string of the molecule is CCOC(=O)Oc1ccc(C(=O)NCCCNC(=O)c2ccccc2OC)cc1. The summed E-state index contributed by atoms with van der Waals surface area (Å²) in [4.78, 5) is 35.6. The number of ether oxygens (including phenoxy) is 3. The Labute approximate surface area is 169 Å². The van der Waals surface area contributed by atoms with E-state index in [1.165, 1.54) is 19.2 Å². The van der Waals surface area contributed by atoms with Gasteiger partial charge in [0.1, 0.15) is 11.5 Å². The normalized spacial score (nSPS) is 10.0. The highest BCUT2D eigenvalue weighted by Gasteiger charge is 2.11. The second-order valence-corrected chi connectivity index (χ2v) is 5.88. The lowest BCUT2D eigenvalue weighted by Gasteiger charge is -2.10. The van der Waals surface area contributed by atoms with E-state index in [-0.39, 0.29) is 18.4 Å². The molecule has 0 saturated carbocycles. The Hall–Kier alpha value is -3.55. The van der Waals surface area contributed by atoms with E-state index < -0.39 is 6.16 Å². The summed E-state index contributed by atoms with van der Waals surface area (Å²) in [6, 6.07) is 13.1. The molecule has 2 rings (SSSR count). The van der Waals surface area contributed by atoms with Crippen LogP contribution in [-0.4, -0.2) is 44.8 Å². The van der Waals surface area contributed by atoms with Crippen LogP contribution in [0.25, 0.3) is 0 Å². The summed E-state index contributed by atoms with van der Waals surface area (Å²) in [6.45, 7) is 2.70. The number of para-hydroxylation sites is 1. The number of hydrogen-bond donors (Lipinski definition) is 2. The van der Waals surface area contributed by atoms with E-state index in [9.17, 15) is 14.4 Å². The first-order valence-corrected chi connectivity index (χ1v) is 9.19. The molecule has 0 aliphatic carbocycles. The Bertz CT molecular complexity index is 835. The quantitative estimate of drug-likeness (QED) is 0.381. The molecule has 0 radical (unpaired) electrons. The van der Waals surface area contributed by atoms with Crippen LogP contribution in [0.4, 0.5) is 4.79 Å². The van der Waals surface area contributed by atoms with Crippen molar-refractivity contribution < 1.29 is 28.6 Å². The van der Waals surface area contributed by atoms with E-state index in [2.05, 4.69) is 15.4 Å². The lowest BCUT2D eigenvalue weighted by Crippen LogP contribution is -2.30. The first kappa shape index (κ1) is 21.7. The molecule has 0 aliphatic heterocycles. The fraction of sp³-hybridized carbons (Fsp3) is 0.286. The van der Waals surface area contributed by atoms with Crippen molar-refractivity contribution in [3.8, 4) is 11.5 Å². The van der Waals surface area contributed by atoms with Crippen LogP contribution in [0.5, 0.6) is 11.5 Å². The number of nitrogens with one attached hydrogen (secondary N) is 2. The predicted octanol–water partition coefficient (Wildman–Crippen LogP) is 2.78. The molecule has 0 aromatic heterocycles. The molecule has 0 atom stereocenters. The molecule has 2 amide bonds. The molecular weight excluding hydrogens is 376 g/mol. The molecule has 0 unspecified atom stereocenters. The molecule has 0 fully saturated rings. The van der Waals surface area contributed by atoms with Gasteiger partial charge in [0.15, 0.2) is 0 Å². The van der Waals surface area contributed by atoms with E-state index in [1.54, 1.807) is 43.3 Å². The number of methoxy groups -OCH3 is 1.